The molecule has 0 atom stereocenters. The maximum atomic E-state index is 14.4. The molecule has 0 fully saturated rings. The van der Waals surface area contributed by atoms with E-state index < -0.39 is 11.7 Å². The SMILES string of the molecule is COc1cc2c(cc1Nc1nc(Nc3cccc(F)c3C(N)=O)c3cc[nH]c3[nH+]1)CN(C(=O)CN(C)C)CC2. The van der Waals surface area contributed by atoms with Crippen LogP contribution >= 0.6 is 0 Å². The number of carbonyl (C=O) groups is 2. The summed E-state index contributed by atoms with van der Waals surface area (Å²) < 4.78 is 20.0. The number of benzene rings is 2. The molecule has 0 saturated heterocycles. The summed E-state index contributed by atoms with van der Waals surface area (Å²) in [5.41, 5.74) is 8.81. The number of nitrogens with one attached hydrogen (secondary N) is 4. The minimum atomic E-state index is -0.890. The quantitative estimate of drug-likeness (QED) is 0.273. The zero-order chi connectivity index (χ0) is 27.7. The van der Waals surface area contributed by atoms with Crippen LogP contribution in [-0.4, -0.2) is 65.9 Å². The van der Waals surface area contributed by atoms with Crippen LogP contribution in [0.2, 0.25) is 0 Å². The Hall–Kier alpha value is -4.71. The average molecular weight is 534 g/mol. The predicted molar refractivity (Wildman–Crippen MR) is 145 cm³/mol. The molecule has 0 saturated carbocycles. The number of amides is 2. The van der Waals surface area contributed by atoms with Crippen molar-refractivity contribution in [2.75, 3.05) is 44.9 Å². The predicted octanol–water partition coefficient (Wildman–Crippen LogP) is 2.56. The fourth-order valence-electron chi connectivity index (χ4n) is 4.71. The van der Waals surface area contributed by atoms with Crippen molar-refractivity contribution in [3.63, 3.8) is 0 Å². The van der Waals surface area contributed by atoms with Crippen LogP contribution in [0.5, 0.6) is 5.75 Å². The van der Waals surface area contributed by atoms with Crippen LogP contribution in [0.1, 0.15) is 21.5 Å². The molecule has 5 rings (SSSR count). The topological polar surface area (TPSA) is 143 Å². The van der Waals surface area contributed by atoms with Crippen LogP contribution in [0.15, 0.2) is 42.6 Å². The molecule has 1 aliphatic rings. The standard InChI is InChI=1S/C27H29FN8O3/c1-35(2)14-22(37)36-10-8-15-12-21(39-3)20(11-16(15)13-36)32-27-33-25-17(7-9-30-25)26(34-27)31-19-6-4-5-18(28)23(19)24(29)38/h4-7,9,11-12H,8,10,13-14H2,1-3H3,(H2,29,38)(H3,30,31,32,33,34)/p+1. The first-order valence-electron chi connectivity index (χ1n) is 12.4. The number of rotatable bonds is 8. The molecule has 3 heterocycles. The maximum Gasteiger partial charge on any atom is 0.351 e. The van der Waals surface area contributed by atoms with Gasteiger partial charge in [0, 0.05) is 19.3 Å². The number of anilines is 4. The van der Waals surface area contributed by atoms with Crippen LogP contribution < -0.4 is 26.1 Å². The molecule has 0 aliphatic carbocycles. The van der Waals surface area contributed by atoms with Gasteiger partial charge < -0.3 is 25.6 Å². The molecule has 11 nitrogen and oxygen atoms in total. The largest absolute Gasteiger partial charge is 0.493 e. The van der Waals surface area contributed by atoms with Crippen molar-refractivity contribution in [1.29, 1.82) is 0 Å². The number of likely N-dealkylation sites (N-methyl/N-ethyl adjacent to an activating group) is 1. The second kappa shape index (κ2) is 10.6. The van der Waals surface area contributed by atoms with E-state index in [1.165, 1.54) is 12.1 Å². The van der Waals surface area contributed by atoms with Gasteiger partial charge in [0.2, 0.25) is 17.4 Å². The van der Waals surface area contributed by atoms with Gasteiger partial charge in [-0.3, -0.25) is 19.9 Å². The van der Waals surface area contributed by atoms with E-state index in [0.717, 1.165) is 17.5 Å². The number of primary amides is 1. The Morgan fingerprint density at radius 1 is 1.21 bits per heavy atom. The van der Waals surface area contributed by atoms with Crippen molar-refractivity contribution in [2.45, 2.75) is 13.0 Å². The van der Waals surface area contributed by atoms with Crippen LogP contribution in [0.4, 0.5) is 27.5 Å². The number of carbonyl (C=O) groups excluding carboxylic acids is 2. The fraction of sp³-hybridized carbons (Fsp3) is 0.259. The van der Waals surface area contributed by atoms with Gasteiger partial charge in [-0.15, -0.1) is 0 Å². The summed E-state index contributed by atoms with van der Waals surface area (Å²) in [4.78, 5) is 39.3. The van der Waals surface area contributed by atoms with E-state index in [2.05, 4.69) is 25.6 Å². The molecular weight excluding hydrogens is 503 g/mol. The number of H-pyrrole nitrogens is 2. The van der Waals surface area contributed by atoms with Crippen molar-refractivity contribution >= 4 is 46.0 Å². The summed E-state index contributed by atoms with van der Waals surface area (Å²) in [5, 5.41) is 7.02. The van der Waals surface area contributed by atoms with Gasteiger partial charge in [0.15, 0.2) is 5.75 Å². The van der Waals surface area contributed by atoms with Crippen LogP contribution in [0.25, 0.3) is 11.0 Å². The molecule has 12 heteroatoms. The number of fused-ring (bicyclic) bond motifs is 2. The molecule has 0 unspecified atom stereocenters. The summed E-state index contributed by atoms with van der Waals surface area (Å²) in [6.07, 6.45) is 2.46. The Bertz CT molecular complexity index is 1570. The monoisotopic (exact) mass is 533 g/mol. The van der Waals surface area contributed by atoms with Gasteiger partial charge in [0.05, 0.1) is 30.3 Å². The van der Waals surface area contributed by atoms with E-state index in [-0.39, 0.29) is 17.2 Å². The highest BCUT2D eigenvalue weighted by Gasteiger charge is 2.25. The van der Waals surface area contributed by atoms with Crippen molar-refractivity contribution in [1.82, 2.24) is 19.8 Å². The van der Waals surface area contributed by atoms with Gasteiger partial charge in [-0.1, -0.05) is 11.1 Å². The van der Waals surface area contributed by atoms with E-state index in [0.29, 0.717) is 53.9 Å². The summed E-state index contributed by atoms with van der Waals surface area (Å²) in [6.45, 7) is 1.50. The van der Waals surface area contributed by atoms with Gasteiger partial charge in [0.1, 0.15) is 11.5 Å². The van der Waals surface area contributed by atoms with Gasteiger partial charge in [-0.25, -0.2) is 9.37 Å². The highest BCUT2D eigenvalue weighted by molar-refractivity contribution is 6.00. The molecule has 4 aromatic rings. The Balaban J connectivity index is 1.48. The number of hydrogen-bond donors (Lipinski definition) is 4. The van der Waals surface area contributed by atoms with E-state index in [1.54, 1.807) is 25.4 Å². The number of ether oxygens (including phenoxy) is 1. The molecule has 202 valence electrons. The smallest absolute Gasteiger partial charge is 0.351 e. The zero-order valence-corrected chi connectivity index (χ0v) is 21.9. The van der Waals surface area contributed by atoms with Crippen molar-refractivity contribution in [3.8, 4) is 5.75 Å². The Morgan fingerprint density at radius 3 is 2.77 bits per heavy atom. The first-order valence-corrected chi connectivity index (χ1v) is 12.4. The van der Waals surface area contributed by atoms with E-state index in [1.807, 2.05) is 36.0 Å². The molecule has 2 aromatic carbocycles. The third-order valence-corrected chi connectivity index (χ3v) is 6.57. The Morgan fingerprint density at radius 2 is 2.03 bits per heavy atom. The first kappa shape index (κ1) is 25.9. The van der Waals surface area contributed by atoms with E-state index in [9.17, 15) is 14.0 Å². The van der Waals surface area contributed by atoms with Gasteiger partial charge in [0.25, 0.3) is 5.91 Å². The van der Waals surface area contributed by atoms with Crippen LogP contribution in [0, 0.1) is 5.82 Å². The molecule has 2 aromatic heterocycles. The maximum absolute atomic E-state index is 14.4. The highest BCUT2D eigenvalue weighted by atomic mass is 19.1. The number of aromatic amines is 2. The highest BCUT2D eigenvalue weighted by Crippen LogP contribution is 2.34. The molecule has 0 bridgehead atoms. The molecule has 0 radical (unpaired) electrons. The molecule has 2 amide bonds. The van der Waals surface area contributed by atoms with Crippen LogP contribution in [-0.2, 0) is 17.8 Å². The van der Waals surface area contributed by atoms with E-state index >= 15 is 0 Å². The minimum absolute atomic E-state index is 0.0755. The first-order chi connectivity index (χ1) is 18.7. The lowest BCUT2D eigenvalue weighted by molar-refractivity contribution is -0.333. The number of halogens is 1. The third kappa shape index (κ3) is 5.32. The fourth-order valence-corrected chi connectivity index (χ4v) is 4.71. The third-order valence-electron chi connectivity index (χ3n) is 6.57. The summed E-state index contributed by atoms with van der Waals surface area (Å²) in [5.74, 6) is -0.183. The number of aromatic nitrogens is 3. The Labute approximate surface area is 224 Å². The molecule has 1 aliphatic heterocycles. The lowest BCUT2D eigenvalue weighted by atomic mass is 9.98. The second-order valence-electron chi connectivity index (χ2n) is 9.60. The summed E-state index contributed by atoms with van der Waals surface area (Å²) >= 11 is 0. The lowest BCUT2D eigenvalue weighted by Gasteiger charge is -2.30. The zero-order valence-electron chi connectivity index (χ0n) is 21.9. The summed E-state index contributed by atoms with van der Waals surface area (Å²) in [6, 6.07) is 9.95. The molecule has 39 heavy (non-hydrogen) atoms. The van der Waals surface area contributed by atoms with Crippen molar-refractivity contribution < 1.29 is 23.7 Å². The minimum Gasteiger partial charge on any atom is -0.493 e. The second-order valence-corrected chi connectivity index (χ2v) is 9.60. The molecule has 6 N–H and O–H groups in total. The average Bonchev–Trinajstić information content (AvgIpc) is 3.36. The van der Waals surface area contributed by atoms with Crippen molar-refractivity contribution in [3.05, 3.63) is 65.1 Å². The van der Waals surface area contributed by atoms with E-state index in [4.69, 9.17) is 10.5 Å². The van der Waals surface area contributed by atoms with Gasteiger partial charge >= 0.3 is 5.95 Å². The Kier molecular flexibility index (Phi) is 7.03. The summed E-state index contributed by atoms with van der Waals surface area (Å²) in [7, 11) is 5.34. The normalized spacial score (nSPS) is 12.9. The number of methoxy groups -OCH3 is 1. The van der Waals surface area contributed by atoms with Gasteiger partial charge in [-0.05, 0) is 62.0 Å². The number of hydrogen-bond acceptors (Lipinski definition) is 7. The van der Waals surface area contributed by atoms with Gasteiger partial charge in [-0.2, -0.15) is 0 Å². The molecule has 0 spiro atoms. The van der Waals surface area contributed by atoms with Crippen LogP contribution in [0.3, 0.4) is 0 Å². The van der Waals surface area contributed by atoms with Crippen molar-refractivity contribution in [2.24, 2.45) is 5.73 Å². The number of nitrogens with two attached hydrogens (primary N) is 1. The number of nitrogens with zero attached hydrogens (tertiary/aromatic N) is 3. The molecular formula is C27H30FN8O3+. The lowest BCUT2D eigenvalue weighted by Crippen LogP contribution is -2.40.